The third kappa shape index (κ3) is 8.50. The van der Waals surface area contributed by atoms with Gasteiger partial charge in [-0.15, -0.1) is 0 Å². The summed E-state index contributed by atoms with van der Waals surface area (Å²) in [5.74, 6) is 0.528. The van der Waals surface area contributed by atoms with Crippen molar-refractivity contribution < 1.29 is 14.3 Å². The van der Waals surface area contributed by atoms with Crippen molar-refractivity contribution in [3.63, 3.8) is 0 Å². The summed E-state index contributed by atoms with van der Waals surface area (Å²) in [4.78, 5) is 29.1. The molecule has 1 unspecified atom stereocenters. The first kappa shape index (κ1) is 28.0. The van der Waals surface area contributed by atoms with E-state index in [9.17, 15) is 9.59 Å². The Balaban J connectivity index is 1.50. The molecule has 38 heavy (non-hydrogen) atoms. The number of amides is 2. The van der Waals surface area contributed by atoms with Crippen LogP contribution in [0.5, 0.6) is 5.75 Å². The first-order chi connectivity index (χ1) is 18.5. The molecule has 0 bridgehead atoms. The van der Waals surface area contributed by atoms with Crippen LogP contribution in [0.3, 0.4) is 0 Å². The largest absolute Gasteiger partial charge is 0.494 e. The second-order valence-corrected chi connectivity index (χ2v) is 10.6. The third-order valence-electron chi connectivity index (χ3n) is 6.86. The highest BCUT2D eigenvalue weighted by molar-refractivity contribution is 6.30. The van der Waals surface area contributed by atoms with Crippen molar-refractivity contribution in [3.8, 4) is 5.75 Å². The van der Waals surface area contributed by atoms with E-state index >= 15 is 0 Å². The lowest BCUT2D eigenvalue weighted by molar-refractivity contribution is -0.141. The number of hydrogen-bond acceptors (Lipinski definition) is 3. The van der Waals surface area contributed by atoms with E-state index in [1.165, 1.54) is 0 Å². The Morgan fingerprint density at radius 3 is 2.16 bits per heavy atom. The molecular formula is C31H34Cl2N2O3. The van der Waals surface area contributed by atoms with Gasteiger partial charge in [-0.05, 0) is 66.8 Å². The van der Waals surface area contributed by atoms with Gasteiger partial charge in [-0.2, -0.15) is 0 Å². The van der Waals surface area contributed by atoms with E-state index in [0.29, 0.717) is 41.8 Å². The van der Waals surface area contributed by atoms with Crippen LogP contribution >= 0.6 is 23.2 Å². The minimum absolute atomic E-state index is 0.0813. The van der Waals surface area contributed by atoms with E-state index in [1.807, 2.05) is 54.6 Å². The van der Waals surface area contributed by atoms with Gasteiger partial charge in [-0.1, -0.05) is 78.5 Å². The Labute approximate surface area is 235 Å². The van der Waals surface area contributed by atoms with Gasteiger partial charge in [0.1, 0.15) is 11.8 Å². The SMILES string of the molecule is O=C(NC1CCCC1)C(Cc1ccccc1)N(Cc1ccc(Cl)cc1)C(=O)CCCOc1ccc(Cl)cc1. The number of halogens is 2. The summed E-state index contributed by atoms with van der Waals surface area (Å²) in [6.45, 7) is 0.712. The summed E-state index contributed by atoms with van der Waals surface area (Å²) in [5, 5.41) is 4.51. The van der Waals surface area contributed by atoms with Crippen LogP contribution in [0.15, 0.2) is 78.9 Å². The maximum absolute atomic E-state index is 13.7. The lowest BCUT2D eigenvalue weighted by Gasteiger charge is -2.32. The number of nitrogens with one attached hydrogen (secondary N) is 1. The van der Waals surface area contributed by atoms with E-state index in [1.54, 1.807) is 29.2 Å². The minimum Gasteiger partial charge on any atom is -0.494 e. The first-order valence-corrected chi connectivity index (χ1v) is 14.0. The van der Waals surface area contributed by atoms with E-state index in [2.05, 4.69) is 5.32 Å². The molecular weight excluding hydrogens is 519 g/mol. The number of rotatable bonds is 12. The van der Waals surface area contributed by atoms with Crippen molar-refractivity contribution >= 4 is 35.0 Å². The number of hydrogen-bond donors (Lipinski definition) is 1. The molecule has 7 heteroatoms. The molecule has 1 aliphatic carbocycles. The first-order valence-electron chi connectivity index (χ1n) is 13.2. The topological polar surface area (TPSA) is 58.6 Å². The fourth-order valence-electron chi connectivity index (χ4n) is 4.80. The molecule has 0 aliphatic heterocycles. The number of carbonyl (C=O) groups excluding carboxylic acids is 2. The van der Waals surface area contributed by atoms with Gasteiger partial charge in [0.2, 0.25) is 11.8 Å². The fraction of sp³-hybridized carbons (Fsp3) is 0.355. The Bertz CT molecular complexity index is 1160. The summed E-state index contributed by atoms with van der Waals surface area (Å²) >= 11 is 12.0. The lowest BCUT2D eigenvalue weighted by atomic mass is 10.0. The molecule has 0 saturated heterocycles. The lowest BCUT2D eigenvalue weighted by Crippen LogP contribution is -2.52. The predicted octanol–water partition coefficient (Wildman–Crippen LogP) is 6.85. The molecule has 1 N–H and O–H groups in total. The van der Waals surface area contributed by atoms with Crippen LogP contribution in [0.25, 0.3) is 0 Å². The van der Waals surface area contributed by atoms with Crippen LogP contribution < -0.4 is 10.1 Å². The molecule has 0 aromatic heterocycles. The Kier molecular flexibility index (Phi) is 10.5. The summed E-state index contributed by atoms with van der Waals surface area (Å²) in [7, 11) is 0. The summed E-state index contributed by atoms with van der Waals surface area (Å²) in [5.41, 5.74) is 1.94. The number of nitrogens with zero attached hydrogens (tertiary/aromatic N) is 1. The van der Waals surface area contributed by atoms with Crippen LogP contribution in [-0.2, 0) is 22.6 Å². The van der Waals surface area contributed by atoms with Gasteiger partial charge in [-0.25, -0.2) is 0 Å². The zero-order valence-corrected chi connectivity index (χ0v) is 23.0. The molecule has 1 fully saturated rings. The second-order valence-electron chi connectivity index (χ2n) is 9.75. The average Bonchev–Trinajstić information content (AvgIpc) is 3.44. The fourth-order valence-corrected chi connectivity index (χ4v) is 5.05. The summed E-state index contributed by atoms with van der Waals surface area (Å²) < 4.78 is 5.79. The van der Waals surface area contributed by atoms with Gasteiger partial charge in [0.05, 0.1) is 6.61 Å². The maximum Gasteiger partial charge on any atom is 0.243 e. The Morgan fingerprint density at radius 1 is 0.868 bits per heavy atom. The molecule has 4 rings (SSSR count). The number of carbonyl (C=O) groups is 2. The van der Waals surface area contributed by atoms with Crippen molar-refractivity contribution in [1.29, 1.82) is 0 Å². The van der Waals surface area contributed by atoms with Gasteiger partial charge in [0.15, 0.2) is 0 Å². The van der Waals surface area contributed by atoms with E-state index in [4.69, 9.17) is 27.9 Å². The third-order valence-corrected chi connectivity index (χ3v) is 7.36. The molecule has 1 saturated carbocycles. The van der Waals surface area contributed by atoms with Gasteiger partial charge in [0, 0.05) is 35.5 Å². The van der Waals surface area contributed by atoms with Gasteiger partial charge < -0.3 is 15.0 Å². The molecule has 0 spiro atoms. The number of ether oxygens (including phenoxy) is 1. The maximum atomic E-state index is 13.7. The molecule has 200 valence electrons. The van der Waals surface area contributed by atoms with Crippen molar-refractivity contribution in [2.75, 3.05) is 6.61 Å². The van der Waals surface area contributed by atoms with Crippen LogP contribution in [0.4, 0.5) is 0 Å². The van der Waals surface area contributed by atoms with Crippen molar-refractivity contribution in [1.82, 2.24) is 10.2 Å². The Hall–Kier alpha value is -3.02. The summed E-state index contributed by atoms with van der Waals surface area (Å²) in [6.07, 6.45) is 5.45. The second kappa shape index (κ2) is 14.2. The molecule has 3 aromatic carbocycles. The van der Waals surface area contributed by atoms with Gasteiger partial charge in [0.25, 0.3) is 0 Å². The van der Waals surface area contributed by atoms with Crippen LogP contribution in [-0.4, -0.2) is 35.4 Å². The van der Waals surface area contributed by atoms with Crippen molar-refractivity contribution in [2.45, 2.75) is 63.6 Å². The highest BCUT2D eigenvalue weighted by atomic mass is 35.5. The van der Waals surface area contributed by atoms with Crippen LogP contribution in [0, 0.1) is 0 Å². The predicted molar refractivity (Wildman–Crippen MR) is 153 cm³/mol. The van der Waals surface area contributed by atoms with Crippen molar-refractivity contribution in [2.24, 2.45) is 0 Å². The zero-order chi connectivity index (χ0) is 26.7. The van der Waals surface area contributed by atoms with Crippen LogP contribution in [0.1, 0.15) is 49.7 Å². The number of benzene rings is 3. The molecule has 5 nitrogen and oxygen atoms in total. The van der Waals surface area contributed by atoms with E-state index < -0.39 is 6.04 Å². The highest BCUT2D eigenvalue weighted by Crippen LogP contribution is 2.21. The quantitative estimate of drug-likeness (QED) is 0.250. The molecule has 2 amide bonds. The van der Waals surface area contributed by atoms with E-state index in [0.717, 1.165) is 36.8 Å². The van der Waals surface area contributed by atoms with Gasteiger partial charge >= 0.3 is 0 Å². The zero-order valence-electron chi connectivity index (χ0n) is 21.5. The highest BCUT2D eigenvalue weighted by Gasteiger charge is 2.32. The smallest absolute Gasteiger partial charge is 0.243 e. The minimum atomic E-state index is -0.627. The molecule has 0 radical (unpaired) electrons. The molecule has 1 aliphatic rings. The standard InChI is InChI=1S/C31H34Cl2N2O3/c32-25-14-12-24(13-15-25)22-35(30(36)11-6-20-38-28-18-16-26(33)17-19-28)29(21-23-7-2-1-3-8-23)31(37)34-27-9-4-5-10-27/h1-3,7-8,12-19,27,29H,4-6,9-11,20-22H2,(H,34,37). The normalized spacial score (nSPS) is 14.2. The van der Waals surface area contributed by atoms with Gasteiger partial charge in [-0.3, -0.25) is 9.59 Å². The van der Waals surface area contributed by atoms with Crippen molar-refractivity contribution in [3.05, 3.63) is 100 Å². The molecule has 0 heterocycles. The molecule has 1 atom stereocenters. The Morgan fingerprint density at radius 2 is 1.50 bits per heavy atom. The monoisotopic (exact) mass is 552 g/mol. The van der Waals surface area contributed by atoms with Crippen LogP contribution in [0.2, 0.25) is 10.0 Å². The van der Waals surface area contributed by atoms with E-state index in [-0.39, 0.29) is 24.3 Å². The molecule has 3 aromatic rings. The average molecular weight is 554 g/mol. The summed E-state index contributed by atoms with van der Waals surface area (Å²) in [6, 6.07) is 24.0.